The number of carboxylic acids is 1. The number of carbonyl (C=O) groups is 2. The topological polar surface area (TPSA) is 83.9 Å². The number of carboxylic acid groups (broad SMARTS) is 1. The van der Waals surface area contributed by atoms with Crippen LogP contribution in [0.3, 0.4) is 0 Å². The summed E-state index contributed by atoms with van der Waals surface area (Å²) >= 11 is 0. The summed E-state index contributed by atoms with van der Waals surface area (Å²) in [6.45, 7) is 3.57. The highest BCUT2D eigenvalue weighted by Gasteiger charge is 2.24. The van der Waals surface area contributed by atoms with Crippen LogP contribution in [-0.2, 0) is 11.3 Å². The molecule has 3 rings (SSSR count). The maximum atomic E-state index is 12.7. The monoisotopic (exact) mass is 341 g/mol. The number of fused-ring (bicyclic) bond motifs is 1. The van der Waals surface area contributed by atoms with Crippen LogP contribution in [0.5, 0.6) is 0 Å². The second kappa shape index (κ2) is 6.47. The van der Waals surface area contributed by atoms with Gasteiger partial charge in [0, 0.05) is 12.4 Å². The van der Waals surface area contributed by atoms with E-state index in [2.05, 4.69) is 0 Å². The predicted octanol–water partition coefficient (Wildman–Crippen LogP) is 3.79. The van der Waals surface area contributed by atoms with Gasteiger partial charge in [0.15, 0.2) is 0 Å². The number of aromatic carboxylic acids is 1. The lowest BCUT2D eigenvalue weighted by Crippen LogP contribution is -2.29. The van der Waals surface area contributed by atoms with Crippen LogP contribution in [0.15, 0.2) is 45.2 Å². The fourth-order valence-electron chi connectivity index (χ4n) is 2.81. The van der Waals surface area contributed by atoms with Crippen LogP contribution >= 0.6 is 0 Å². The van der Waals surface area contributed by atoms with Gasteiger partial charge in [0.05, 0.1) is 12.5 Å². The van der Waals surface area contributed by atoms with Gasteiger partial charge in [-0.1, -0.05) is 18.2 Å². The number of para-hydroxylation sites is 1. The Kier molecular flexibility index (Phi) is 4.35. The molecule has 3 aromatic rings. The van der Waals surface area contributed by atoms with Crippen molar-refractivity contribution in [3.63, 3.8) is 0 Å². The van der Waals surface area contributed by atoms with Crippen molar-refractivity contribution in [2.75, 3.05) is 7.05 Å². The molecule has 2 heterocycles. The van der Waals surface area contributed by atoms with E-state index in [9.17, 15) is 9.59 Å². The van der Waals surface area contributed by atoms with Gasteiger partial charge >= 0.3 is 5.97 Å². The summed E-state index contributed by atoms with van der Waals surface area (Å²) in [5, 5.41) is 10.0. The molecule has 0 radical (unpaired) electrons. The van der Waals surface area contributed by atoms with E-state index in [1.807, 2.05) is 30.3 Å². The van der Waals surface area contributed by atoms with Crippen molar-refractivity contribution in [2.24, 2.45) is 0 Å². The first-order valence-corrected chi connectivity index (χ1v) is 7.93. The maximum absolute atomic E-state index is 12.7. The van der Waals surface area contributed by atoms with Crippen molar-refractivity contribution < 1.29 is 23.5 Å². The lowest BCUT2D eigenvalue weighted by atomic mass is 10.1. The largest absolute Gasteiger partial charge is 0.478 e. The van der Waals surface area contributed by atoms with Gasteiger partial charge in [0.1, 0.15) is 28.4 Å². The second-order valence-electron chi connectivity index (χ2n) is 6.09. The van der Waals surface area contributed by atoms with Gasteiger partial charge in [0.2, 0.25) is 5.91 Å². The molecule has 1 aromatic carbocycles. The first-order valence-electron chi connectivity index (χ1n) is 7.93. The van der Waals surface area contributed by atoms with Crippen LogP contribution in [0.2, 0.25) is 0 Å². The molecule has 130 valence electrons. The van der Waals surface area contributed by atoms with Crippen LogP contribution in [0.25, 0.3) is 11.0 Å². The van der Waals surface area contributed by atoms with Crippen molar-refractivity contribution in [1.82, 2.24) is 4.90 Å². The van der Waals surface area contributed by atoms with E-state index >= 15 is 0 Å². The van der Waals surface area contributed by atoms with Gasteiger partial charge < -0.3 is 18.8 Å². The molecule has 0 bridgehead atoms. The normalized spacial score (nSPS) is 12.3. The first-order chi connectivity index (χ1) is 11.9. The van der Waals surface area contributed by atoms with Crippen LogP contribution in [-0.4, -0.2) is 28.9 Å². The summed E-state index contributed by atoms with van der Waals surface area (Å²) in [5.74, 6) is -0.273. The standard InChI is InChI=1S/C19H19NO5/c1-11(17-8-13-6-4-5-7-16(13)25-17)18(21)20(3)10-14-9-15(19(22)23)12(2)24-14/h4-9,11H,10H2,1-3H3,(H,22,23). The van der Waals surface area contributed by atoms with Crippen LogP contribution in [0.1, 0.15) is 40.5 Å². The molecule has 1 atom stereocenters. The third-order valence-corrected chi connectivity index (χ3v) is 4.21. The Morgan fingerprint density at radius 2 is 1.92 bits per heavy atom. The van der Waals surface area contributed by atoms with Gasteiger partial charge in [-0.15, -0.1) is 0 Å². The number of rotatable bonds is 5. The molecule has 0 saturated heterocycles. The molecule has 0 fully saturated rings. The number of carbonyl (C=O) groups excluding carboxylic acids is 1. The predicted molar refractivity (Wildman–Crippen MR) is 91.5 cm³/mol. The zero-order valence-electron chi connectivity index (χ0n) is 14.3. The van der Waals surface area contributed by atoms with E-state index in [-0.39, 0.29) is 18.0 Å². The fourth-order valence-corrected chi connectivity index (χ4v) is 2.81. The molecule has 0 aliphatic carbocycles. The summed E-state index contributed by atoms with van der Waals surface area (Å²) in [6.07, 6.45) is 0. The van der Waals surface area contributed by atoms with Gasteiger partial charge in [0.25, 0.3) is 0 Å². The molecular weight excluding hydrogens is 322 g/mol. The van der Waals surface area contributed by atoms with E-state index in [0.717, 1.165) is 11.0 Å². The van der Waals surface area contributed by atoms with Gasteiger partial charge in [-0.2, -0.15) is 0 Å². The first kappa shape index (κ1) is 16.8. The van der Waals surface area contributed by atoms with Crippen molar-refractivity contribution >= 4 is 22.8 Å². The molecule has 2 aromatic heterocycles. The Balaban J connectivity index is 1.75. The molecule has 6 heteroatoms. The highest BCUT2D eigenvalue weighted by Crippen LogP contribution is 2.26. The molecule has 1 unspecified atom stereocenters. The van der Waals surface area contributed by atoms with E-state index in [1.54, 1.807) is 20.9 Å². The maximum Gasteiger partial charge on any atom is 0.339 e. The number of nitrogens with zero attached hydrogens (tertiary/aromatic N) is 1. The summed E-state index contributed by atoms with van der Waals surface area (Å²) < 4.78 is 11.2. The average Bonchev–Trinajstić information content (AvgIpc) is 3.16. The molecule has 1 N–H and O–H groups in total. The van der Waals surface area contributed by atoms with E-state index in [0.29, 0.717) is 17.3 Å². The number of aryl methyl sites for hydroxylation is 1. The Bertz CT molecular complexity index is 903. The third-order valence-electron chi connectivity index (χ3n) is 4.21. The fraction of sp³-hybridized carbons (Fsp3) is 0.263. The summed E-state index contributed by atoms with van der Waals surface area (Å²) in [7, 11) is 1.65. The highest BCUT2D eigenvalue weighted by atomic mass is 16.4. The van der Waals surface area contributed by atoms with Gasteiger partial charge in [-0.25, -0.2) is 4.79 Å². The van der Waals surface area contributed by atoms with Crippen molar-refractivity contribution in [2.45, 2.75) is 26.3 Å². The number of amides is 1. The van der Waals surface area contributed by atoms with Crippen molar-refractivity contribution in [3.8, 4) is 0 Å². The van der Waals surface area contributed by atoms with Crippen molar-refractivity contribution in [3.05, 3.63) is 59.2 Å². The molecule has 1 amide bonds. The summed E-state index contributed by atoms with van der Waals surface area (Å²) in [5.41, 5.74) is 0.855. The Labute approximate surface area is 144 Å². The lowest BCUT2D eigenvalue weighted by Gasteiger charge is -2.19. The SMILES string of the molecule is Cc1oc(CN(C)C(=O)C(C)c2cc3ccccc3o2)cc1C(=O)O. The van der Waals surface area contributed by atoms with Crippen LogP contribution in [0.4, 0.5) is 0 Å². The lowest BCUT2D eigenvalue weighted by molar-refractivity contribution is -0.132. The van der Waals surface area contributed by atoms with E-state index in [4.69, 9.17) is 13.9 Å². The number of furan rings is 2. The Hall–Kier alpha value is -3.02. The van der Waals surface area contributed by atoms with E-state index in [1.165, 1.54) is 11.0 Å². The number of likely N-dealkylation sites (N-methyl/N-ethyl adjacent to an activating group) is 1. The molecule has 0 aliphatic heterocycles. The Morgan fingerprint density at radius 1 is 1.20 bits per heavy atom. The number of hydrogen-bond acceptors (Lipinski definition) is 4. The van der Waals surface area contributed by atoms with E-state index < -0.39 is 11.9 Å². The smallest absolute Gasteiger partial charge is 0.339 e. The minimum absolute atomic E-state index is 0.112. The minimum atomic E-state index is -1.04. The molecule has 6 nitrogen and oxygen atoms in total. The summed E-state index contributed by atoms with van der Waals surface area (Å²) in [4.78, 5) is 25.2. The third kappa shape index (κ3) is 3.28. The number of hydrogen-bond donors (Lipinski definition) is 1. The zero-order chi connectivity index (χ0) is 18.1. The van der Waals surface area contributed by atoms with Crippen LogP contribution in [0, 0.1) is 6.92 Å². The van der Waals surface area contributed by atoms with Crippen molar-refractivity contribution in [1.29, 1.82) is 0 Å². The molecule has 0 aliphatic rings. The molecule has 0 spiro atoms. The number of benzene rings is 1. The minimum Gasteiger partial charge on any atom is -0.478 e. The molecule has 0 saturated carbocycles. The Morgan fingerprint density at radius 3 is 2.56 bits per heavy atom. The second-order valence-corrected chi connectivity index (χ2v) is 6.09. The average molecular weight is 341 g/mol. The van der Waals surface area contributed by atoms with Gasteiger partial charge in [-0.05, 0) is 32.0 Å². The molecular formula is C19H19NO5. The quantitative estimate of drug-likeness (QED) is 0.763. The molecule has 25 heavy (non-hydrogen) atoms. The summed E-state index contributed by atoms with van der Waals surface area (Å²) in [6, 6.07) is 10.9. The highest BCUT2D eigenvalue weighted by molar-refractivity contribution is 5.89. The van der Waals surface area contributed by atoms with Gasteiger partial charge in [-0.3, -0.25) is 4.79 Å². The van der Waals surface area contributed by atoms with Crippen LogP contribution < -0.4 is 0 Å². The zero-order valence-corrected chi connectivity index (χ0v) is 14.3.